The largest absolute Gasteiger partial charge is 0.337 e. The van der Waals surface area contributed by atoms with Gasteiger partial charge in [-0.2, -0.15) is 0 Å². The summed E-state index contributed by atoms with van der Waals surface area (Å²) in [6.45, 7) is 2.27. The van der Waals surface area contributed by atoms with E-state index in [4.69, 9.17) is 12.2 Å². The quantitative estimate of drug-likeness (QED) is 0.767. The summed E-state index contributed by atoms with van der Waals surface area (Å²) in [6.07, 6.45) is 12.2. The first-order chi connectivity index (χ1) is 7.33. The van der Waals surface area contributed by atoms with Crippen LogP contribution in [0.3, 0.4) is 0 Å². The zero-order valence-electron chi connectivity index (χ0n) is 9.41. The molecule has 1 aromatic rings. The summed E-state index contributed by atoms with van der Waals surface area (Å²) in [4.78, 5) is 3.10. The van der Waals surface area contributed by atoms with Crippen LogP contribution in [0.4, 0.5) is 0 Å². The lowest BCUT2D eigenvalue weighted by molar-refractivity contribution is 0.241. The molecule has 1 fully saturated rings. The van der Waals surface area contributed by atoms with Crippen molar-refractivity contribution in [1.82, 2.24) is 9.55 Å². The van der Waals surface area contributed by atoms with Crippen molar-refractivity contribution in [2.45, 2.75) is 51.5 Å². The molecule has 1 aliphatic carbocycles. The maximum atomic E-state index is 5.30. The predicted octanol–water partition coefficient (Wildman–Crippen LogP) is 4.08. The average Bonchev–Trinajstić information content (AvgIpc) is 2.68. The number of aromatic nitrogens is 2. The predicted molar refractivity (Wildman–Crippen MR) is 65.5 cm³/mol. The fraction of sp³-hybridized carbons (Fsp3) is 0.750. The number of H-pyrrole nitrogens is 1. The maximum absolute atomic E-state index is 5.30. The van der Waals surface area contributed by atoms with Crippen LogP contribution in [0.15, 0.2) is 12.4 Å². The molecule has 1 aromatic heterocycles. The topological polar surface area (TPSA) is 20.7 Å². The molecule has 2 rings (SSSR count). The molecular formula is C12H20N2S. The molecule has 0 bridgehead atoms. The molecular weight excluding hydrogens is 204 g/mol. The van der Waals surface area contributed by atoms with E-state index in [1.165, 1.54) is 38.5 Å². The van der Waals surface area contributed by atoms with Gasteiger partial charge in [-0.1, -0.05) is 26.2 Å². The molecule has 0 spiro atoms. The molecule has 15 heavy (non-hydrogen) atoms. The fourth-order valence-electron chi connectivity index (χ4n) is 2.87. The van der Waals surface area contributed by atoms with Gasteiger partial charge in [0.05, 0.1) is 0 Å². The van der Waals surface area contributed by atoms with Crippen LogP contribution < -0.4 is 0 Å². The molecule has 1 N–H and O–H groups in total. The third-order valence-electron chi connectivity index (χ3n) is 3.65. The number of rotatable bonds is 3. The number of nitrogens with zero attached hydrogens (tertiary/aromatic N) is 1. The van der Waals surface area contributed by atoms with E-state index in [1.54, 1.807) is 0 Å². The lowest BCUT2D eigenvalue weighted by Gasteiger charge is -2.30. The van der Waals surface area contributed by atoms with Crippen LogP contribution in [-0.4, -0.2) is 9.55 Å². The first-order valence-electron chi connectivity index (χ1n) is 6.08. The van der Waals surface area contributed by atoms with Crippen LogP contribution in [0.1, 0.15) is 51.5 Å². The third kappa shape index (κ3) is 2.33. The summed E-state index contributed by atoms with van der Waals surface area (Å²) >= 11 is 5.30. The van der Waals surface area contributed by atoms with Gasteiger partial charge in [0.2, 0.25) is 0 Å². The first kappa shape index (κ1) is 10.9. The number of nitrogens with one attached hydrogen (secondary N) is 1. The molecule has 1 unspecified atom stereocenters. The van der Waals surface area contributed by atoms with E-state index in [2.05, 4.69) is 22.7 Å². The Morgan fingerprint density at radius 2 is 2.20 bits per heavy atom. The maximum Gasteiger partial charge on any atom is 0.177 e. The SMILES string of the molecule is CCC(C1CCCCC1)n1cc[nH]c1=S. The lowest BCUT2D eigenvalue weighted by Crippen LogP contribution is -2.21. The second-order valence-corrected chi connectivity index (χ2v) is 4.93. The van der Waals surface area contributed by atoms with E-state index >= 15 is 0 Å². The van der Waals surface area contributed by atoms with Crippen molar-refractivity contribution in [2.75, 3.05) is 0 Å². The molecule has 1 aliphatic rings. The fourth-order valence-corrected chi connectivity index (χ4v) is 3.13. The van der Waals surface area contributed by atoms with Gasteiger partial charge in [0.15, 0.2) is 4.77 Å². The van der Waals surface area contributed by atoms with E-state index < -0.39 is 0 Å². The molecule has 1 atom stereocenters. The Morgan fingerprint density at radius 1 is 1.47 bits per heavy atom. The van der Waals surface area contributed by atoms with Crippen LogP contribution in [0.2, 0.25) is 0 Å². The van der Waals surface area contributed by atoms with Crippen molar-refractivity contribution in [3.63, 3.8) is 0 Å². The monoisotopic (exact) mass is 224 g/mol. The van der Waals surface area contributed by atoms with Gasteiger partial charge in [0.1, 0.15) is 0 Å². The average molecular weight is 224 g/mol. The smallest absolute Gasteiger partial charge is 0.177 e. The van der Waals surface area contributed by atoms with Crippen LogP contribution in [0.25, 0.3) is 0 Å². The van der Waals surface area contributed by atoms with Crippen molar-refractivity contribution in [2.24, 2.45) is 5.92 Å². The van der Waals surface area contributed by atoms with Crippen molar-refractivity contribution in [1.29, 1.82) is 0 Å². The van der Waals surface area contributed by atoms with Gasteiger partial charge in [0.25, 0.3) is 0 Å². The minimum atomic E-state index is 0.615. The zero-order chi connectivity index (χ0) is 10.7. The number of hydrogen-bond donors (Lipinski definition) is 1. The first-order valence-corrected chi connectivity index (χ1v) is 6.49. The minimum Gasteiger partial charge on any atom is -0.337 e. The normalized spacial score (nSPS) is 20.3. The molecule has 0 amide bonds. The minimum absolute atomic E-state index is 0.615. The van der Waals surface area contributed by atoms with Gasteiger partial charge < -0.3 is 9.55 Å². The lowest BCUT2D eigenvalue weighted by atomic mass is 9.83. The van der Waals surface area contributed by atoms with Crippen molar-refractivity contribution in [3.8, 4) is 0 Å². The number of imidazole rings is 1. The Morgan fingerprint density at radius 3 is 2.73 bits per heavy atom. The Labute approximate surface area is 96.7 Å². The van der Waals surface area contributed by atoms with E-state index in [0.717, 1.165) is 10.7 Å². The van der Waals surface area contributed by atoms with Crippen LogP contribution in [0.5, 0.6) is 0 Å². The Hall–Kier alpha value is -0.570. The Balaban J connectivity index is 2.16. The van der Waals surface area contributed by atoms with E-state index in [0.29, 0.717) is 6.04 Å². The standard InChI is InChI=1S/C12H20N2S/c1-2-11(10-6-4-3-5-7-10)14-9-8-13-12(14)15/h8-11H,2-7H2,1H3,(H,13,15). The van der Waals surface area contributed by atoms with E-state index in [-0.39, 0.29) is 0 Å². The van der Waals surface area contributed by atoms with Gasteiger partial charge in [-0.25, -0.2) is 0 Å². The Bertz CT molecular complexity index is 347. The highest BCUT2D eigenvalue weighted by Crippen LogP contribution is 2.34. The third-order valence-corrected chi connectivity index (χ3v) is 3.97. The van der Waals surface area contributed by atoms with E-state index in [1.807, 2.05) is 6.20 Å². The van der Waals surface area contributed by atoms with Gasteiger partial charge in [0, 0.05) is 18.4 Å². The second-order valence-electron chi connectivity index (χ2n) is 4.55. The number of aromatic amines is 1. The molecule has 1 heterocycles. The molecule has 0 aliphatic heterocycles. The van der Waals surface area contributed by atoms with Crippen molar-refractivity contribution in [3.05, 3.63) is 17.2 Å². The molecule has 3 heteroatoms. The van der Waals surface area contributed by atoms with E-state index in [9.17, 15) is 0 Å². The molecule has 0 saturated heterocycles. The molecule has 1 saturated carbocycles. The number of hydrogen-bond acceptors (Lipinski definition) is 1. The highest BCUT2D eigenvalue weighted by Gasteiger charge is 2.23. The van der Waals surface area contributed by atoms with Crippen LogP contribution in [0, 0.1) is 10.7 Å². The summed E-state index contributed by atoms with van der Waals surface area (Å²) in [6, 6.07) is 0.615. The summed E-state index contributed by atoms with van der Waals surface area (Å²) in [5.74, 6) is 0.839. The second kappa shape index (κ2) is 4.97. The van der Waals surface area contributed by atoms with Crippen molar-refractivity contribution < 1.29 is 0 Å². The van der Waals surface area contributed by atoms with Gasteiger partial charge in [-0.15, -0.1) is 0 Å². The molecule has 84 valence electrons. The summed E-state index contributed by atoms with van der Waals surface area (Å²) in [5, 5.41) is 0. The Kier molecular flexibility index (Phi) is 3.62. The molecule has 0 aromatic carbocycles. The summed E-state index contributed by atoms with van der Waals surface area (Å²) in [5.41, 5.74) is 0. The summed E-state index contributed by atoms with van der Waals surface area (Å²) < 4.78 is 3.14. The molecule has 0 radical (unpaired) electrons. The van der Waals surface area contributed by atoms with Gasteiger partial charge >= 0.3 is 0 Å². The summed E-state index contributed by atoms with van der Waals surface area (Å²) in [7, 11) is 0. The van der Waals surface area contributed by atoms with Crippen molar-refractivity contribution >= 4 is 12.2 Å². The molecule has 2 nitrogen and oxygen atoms in total. The van der Waals surface area contributed by atoms with Gasteiger partial charge in [-0.3, -0.25) is 0 Å². The highest BCUT2D eigenvalue weighted by atomic mass is 32.1. The van der Waals surface area contributed by atoms with Crippen LogP contribution in [-0.2, 0) is 0 Å². The van der Waals surface area contributed by atoms with Gasteiger partial charge in [-0.05, 0) is 37.4 Å². The highest BCUT2D eigenvalue weighted by molar-refractivity contribution is 7.71. The van der Waals surface area contributed by atoms with Crippen LogP contribution >= 0.6 is 12.2 Å². The zero-order valence-corrected chi connectivity index (χ0v) is 10.2.